The van der Waals surface area contributed by atoms with Crippen LogP contribution in [0.5, 0.6) is 0 Å². The zero-order chi connectivity index (χ0) is 48.8. The van der Waals surface area contributed by atoms with E-state index in [1.807, 2.05) is 27.7 Å². The summed E-state index contributed by atoms with van der Waals surface area (Å²) in [7, 11) is 3.41. The van der Waals surface area contributed by atoms with Crippen molar-refractivity contribution in [1.82, 2.24) is 41.7 Å². The Labute approximate surface area is 402 Å². The summed E-state index contributed by atoms with van der Waals surface area (Å²) in [5.41, 5.74) is 9.15. The molecule has 0 radical (unpaired) electrons. The van der Waals surface area contributed by atoms with Gasteiger partial charge in [0.15, 0.2) is 0 Å². The van der Waals surface area contributed by atoms with Gasteiger partial charge in [0.05, 0.1) is 24.2 Å². The van der Waals surface area contributed by atoms with Crippen molar-refractivity contribution in [2.24, 2.45) is 11.8 Å². The van der Waals surface area contributed by atoms with E-state index in [4.69, 9.17) is 0 Å². The summed E-state index contributed by atoms with van der Waals surface area (Å²) in [5, 5.41) is 18.4. The Morgan fingerprint density at radius 2 is 0.897 bits per heavy atom. The van der Waals surface area contributed by atoms with Gasteiger partial charge in [0.25, 0.3) is 0 Å². The Bertz CT molecular complexity index is 2170. The molecule has 6 N–H and O–H groups in total. The van der Waals surface area contributed by atoms with Crippen molar-refractivity contribution < 1.29 is 28.8 Å². The van der Waals surface area contributed by atoms with Crippen LogP contribution in [0.2, 0.25) is 0 Å². The maximum Gasteiger partial charge on any atom is 0.246 e. The van der Waals surface area contributed by atoms with Crippen molar-refractivity contribution in [3.63, 3.8) is 0 Å². The van der Waals surface area contributed by atoms with Crippen molar-refractivity contribution in [2.75, 3.05) is 27.2 Å². The van der Waals surface area contributed by atoms with Gasteiger partial charge in [-0.05, 0) is 148 Å². The van der Waals surface area contributed by atoms with Crippen molar-refractivity contribution in [3.05, 3.63) is 82.9 Å². The molecule has 0 spiro atoms. The lowest BCUT2D eigenvalue weighted by Gasteiger charge is -2.33. The van der Waals surface area contributed by atoms with E-state index in [9.17, 15) is 28.8 Å². The molecule has 2 saturated heterocycles. The molecule has 2 heterocycles. The SMILES string of the molecule is CN[C@@H](C)C(=O)NC(C(=O)N1CCC[C@H]1C(=O)N[C@@H]1CCCc2c(-c3ccc(-c4cccc5c4CCC[C@H]5NC(=O)[C@@H]4CCCN4C(=O)[C@@H](NC(=O)[C@H](C)NC)C(C)C)cc3)cccc21)C(C)C. The van der Waals surface area contributed by atoms with E-state index < -0.39 is 36.3 Å². The number of carbonyl (C=O) groups is 6. The number of amides is 6. The first-order valence-corrected chi connectivity index (χ1v) is 25.1. The van der Waals surface area contributed by atoms with Crippen molar-refractivity contribution in [3.8, 4) is 22.3 Å². The van der Waals surface area contributed by atoms with Crippen molar-refractivity contribution in [1.29, 1.82) is 0 Å². The highest BCUT2D eigenvalue weighted by molar-refractivity contribution is 5.95. The summed E-state index contributed by atoms with van der Waals surface area (Å²) in [5.74, 6) is -1.51. The molecule has 68 heavy (non-hydrogen) atoms. The fourth-order valence-corrected chi connectivity index (χ4v) is 10.7. The molecular formula is C54H74N8O6. The number of likely N-dealkylation sites (tertiary alicyclic amines) is 2. The van der Waals surface area contributed by atoms with Crippen molar-refractivity contribution >= 4 is 35.4 Å². The number of nitrogens with zero attached hydrogens (tertiary/aromatic N) is 2. The average molecular weight is 931 g/mol. The van der Waals surface area contributed by atoms with Gasteiger partial charge in [-0.3, -0.25) is 28.8 Å². The topological polar surface area (TPSA) is 181 Å². The summed E-state index contributed by atoms with van der Waals surface area (Å²) >= 11 is 0. The van der Waals surface area contributed by atoms with Crippen LogP contribution >= 0.6 is 0 Å². The van der Waals surface area contributed by atoms with Gasteiger partial charge in [-0.2, -0.15) is 0 Å². The molecule has 1 unspecified atom stereocenters. The monoisotopic (exact) mass is 931 g/mol. The van der Waals surface area contributed by atoms with Gasteiger partial charge in [-0.1, -0.05) is 88.4 Å². The second kappa shape index (κ2) is 22.2. The van der Waals surface area contributed by atoms with E-state index in [1.165, 1.54) is 11.1 Å². The van der Waals surface area contributed by atoms with E-state index in [-0.39, 0.29) is 59.4 Å². The molecular weight excluding hydrogens is 857 g/mol. The zero-order valence-corrected chi connectivity index (χ0v) is 41.4. The second-order valence-corrected chi connectivity index (χ2v) is 20.1. The molecule has 14 nitrogen and oxygen atoms in total. The van der Waals surface area contributed by atoms with E-state index in [0.717, 1.165) is 84.7 Å². The van der Waals surface area contributed by atoms with Gasteiger partial charge in [0.1, 0.15) is 24.2 Å². The van der Waals surface area contributed by atoms with Crippen LogP contribution in [0.15, 0.2) is 60.7 Å². The molecule has 6 amide bonds. The standard InChI is InChI=1S/C54H74N8O6/c1-31(2)47(59-49(63)33(5)55-7)53(67)61-29-13-23-45(61)51(65)57-43-21-11-17-39-37(15-9-19-41(39)43)35-25-27-36(28-26-35)38-16-10-20-42-40(38)18-12-22-44(42)58-52(66)46-24-14-30-62(46)54(68)48(32(3)4)60-50(64)34(6)56-8/h9-10,15-16,19-20,25-28,31-34,43-48,55-56H,11-14,17-18,21-24,29-30H2,1-8H3,(H,57,65)(H,58,66)(H,59,63)(H,60,64)/t33-,34-,43+,44+,45-,46-,47-,48?/m0/s1. The van der Waals surface area contributed by atoms with Gasteiger partial charge in [0, 0.05) is 13.1 Å². The van der Waals surface area contributed by atoms with Crippen LogP contribution in [-0.2, 0) is 41.6 Å². The zero-order valence-electron chi connectivity index (χ0n) is 41.4. The van der Waals surface area contributed by atoms with Gasteiger partial charge in [-0.25, -0.2) is 0 Å². The van der Waals surface area contributed by atoms with E-state index in [1.54, 1.807) is 37.7 Å². The number of fused-ring (bicyclic) bond motifs is 2. The van der Waals surface area contributed by atoms with Crippen LogP contribution in [0.1, 0.15) is 127 Å². The Morgan fingerprint density at radius 3 is 1.25 bits per heavy atom. The fourth-order valence-electron chi connectivity index (χ4n) is 10.7. The molecule has 4 aliphatic rings. The Balaban J connectivity index is 1.03. The minimum Gasteiger partial charge on any atom is -0.347 e. The van der Waals surface area contributed by atoms with Gasteiger partial charge in [-0.15, -0.1) is 0 Å². The second-order valence-electron chi connectivity index (χ2n) is 20.1. The molecule has 14 heteroatoms. The number of likely N-dealkylation sites (N-methyl/N-ethyl adjacent to an activating group) is 2. The molecule has 2 fully saturated rings. The van der Waals surface area contributed by atoms with Gasteiger partial charge >= 0.3 is 0 Å². The number of nitrogens with one attached hydrogen (secondary N) is 6. The quantitative estimate of drug-likeness (QED) is 0.109. The molecule has 3 aromatic carbocycles. The first-order valence-electron chi connectivity index (χ1n) is 25.1. The Morgan fingerprint density at radius 1 is 0.515 bits per heavy atom. The lowest BCUT2D eigenvalue weighted by molar-refractivity contribution is -0.142. The highest BCUT2D eigenvalue weighted by atomic mass is 16.2. The van der Waals surface area contributed by atoms with Crippen LogP contribution in [0.3, 0.4) is 0 Å². The van der Waals surface area contributed by atoms with Crippen LogP contribution in [0.25, 0.3) is 22.3 Å². The third-order valence-corrected chi connectivity index (χ3v) is 14.9. The van der Waals surface area contributed by atoms with Gasteiger partial charge in [0.2, 0.25) is 35.4 Å². The highest BCUT2D eigenvalue weighted by Crippen LogP contribution is 2.40. The first kappa shape index (κ1) is 50.3. The molecule has 3 aromatic rings. The summed E-state index contributed by atoms with van der Waals surface area (Å²) in [6.45, 7) is 12.1. The smallest absolute Gasteiger partial charge is 0.246 e. The lowest BCUT2D eigenvalue weighted by atomic mass is 9.81. The largest absolute Gasteiger partial charge is 0.347 e. The lowest BCUT2D eigenvalue weighted by Crippen LogP contribution is -2.57. The maximum absolute atomic E-state index is 14.1. The molecule has 8 atom stereocenters. The van der Waals surface area contributed by atoms with Crippen molar-refractivity contribution in [2.45, 2.75) is 154 Å². The predicted octanol–water partition coefficient (Wildman–Crippen LogP) is 5.49. The van der Waals surface area contributed by atoms with Crippen LogP contribution in [0, 0.1) is 11.8 Å². The molecule has 0 saturated carbocycles. The average Bonchev–Trinajstić information content (AvgIpc) is 4.05. The third kappa shape index (κ3) is 10.8. The van der Waals surface area contributed by atoms with E-state index in [0.29, 0.717) is 25.9 Å². The maximum atomic E-state index is 14.1. The Hall–Kier alpha value is -5.60. The molecule has 366 valence electrons. The number of benzene rings is 3. The third-order valence-electron chi connectivity index (χ3n) is 14.9. The molecule has 2 aliphatic heterocycles. The number of hydrogen-bond donors (Lipinski definition) is 6. The molecule has 7 rings (SSSR count). The first-order chi connectivity index (χ1) is 32.6. The van der Waals surface area contributed by atoms with E-state index >= 15 is 0 Å². The predicted molar refractivity (Wildman–Crippen MR) is 265 cm³/mol. The van der Waals surface area contributed by atoms with Crippen LogP contribution in [0.4, 0.5) is 0 Å². The summed E-state index contributed by atoms with van der Waals surface area (Å²) in [4.78, 5) is 84.8. The van der Waals surface area contributed by atoms with E-state index in [2.05, 4.69) is 92.6 Å². The highest BCUT2D eigenvalue weighted by Gasteiger charge is 2.42. The minimum absolute atomic E-state index is 0.142. The fraction of sp³-hybridized carbons (Fsp3) is 0.556. The number of carbonyl (C=O) groups excluding carboxylic acids is 6. The molecule has 0 aromatic heterocycles. The molecule has 2 aliphatic carbocycles. The van der Waals surface area contributed by atoms with Crippen LogP contribution in [-0.4, -0.2) is 109 Å². The minimum atomic E-state index is -0.722. The van der Waals surface area contributed by atoms with Gasteiger partial charge < -0.3 is 41.7 Å². The molecule has 0 bridgehead atoms. The normalized spacial score (nSPS) is 21.9. The number of rotatable bonds is 16. The number of hydrogen-bond acceptors (Lipinski definition) is 8. The Kier molecular flexibility index (Phi) is 16.4. The summed E-state index contributed by atoms with van der Waals surface area (Å²) in [6.07, 6.45) is 7.85. The summed E-state index contributed by atoms with van der Waals surface area (Å²) in [6, 6.07) is 17.5. The summed E-state index contributed by atoms with van der Waals surface area (Å²) < 4.78 is 0. The van der Waals surface area contributed by atoms with Crippen LogP contribution < -0.4 is 31.9 Å².